The second-order valence-corrected chi connectivity index (χ2v) is 9.95. The van der Waals surface area contributed by atoms with Crippen LogP contribution in [0.3, 0.4) is 0 Å². The van der Waals surface area contributed by atoms with Crippen LogP contribution < -0.4 is 16.0 Å². The topological polar surface area (TPSA) is 145 Å². The average Bonchev–Trinajstić information content (AvgIpc) is 3.50. The van der Waals surface area contributed by atoms with E-state index in [9.17, 15) is 29.4 Å². The normalized spacial score (nSPS) is 11.6. The van der Waals surface area contributed by atoms with E-state index in [1.165, 1.54) is 23.5 Å². The lowest BCUT2D eigenvalue weighted by Crippen LogP contribution is -2.48. The van der Waals surface area contributed by atoms with E-state index < -0.39 is 29.7 Å². The molecule has 1 aromatic carbocycles. The number of aromatic hydroxyl groups is 1. The van der Waals surface area contributed by atoms with E-state index in [0.717, 1.165) is 11.3 Å². The van der Waals surface area contributed by atoms with Crippen LogP contribution in [-0.2, 0) is 11.3 Å². The molecule has 5 N–H and O–H groups in total. The van der Waals surface area contributed by atoms with E-state index in [4.69, 9.17) is 0 Å². The molecule has 9 nitrogen and oxygen atoms in total. The number of nitrogens with one attached hydrogen (secondary N) is 3. The third kappa shape index (κ3) is 6.90. The highest BCUT2D eigenvalue weighted by Crippen LogP contribution is 2.29. The summed E-state index contributed by atoms with van der Waals surface area (Å²) in [6, 6.07) is 10.1. The number of carbonyl (C=O) groups is 4. The second kappa shape index (κ2) is 11.6. The van der Waals surface area contributed by atoms with Crippen LogP contribution in [0.25, 0.3) is 0 Å². The quantitative estimate of drug-likeness (QED) is 0.280. The molecule has 0 bridgehead atoms. The lowest BCUT2D eigenvalue weighted by Gasteiger charge is -2.15. The monoisotopic (exact) mass is 515 g/mol. The highest BCUT2D eigenvalue weighted by atomic mass is 32.1. The Morgan fingerprint density at radius 2 is 1.69 bits per heavy atom. The highest BCUT2D eigenvalue weighted by molar-refractivity contribution is 7.16. The summed E-state index contributed by atoms with van der Waals surface area (Å²) < 4.78 is 0. The van der Waals surface area contributed by atoms with Gasteiger partial charge in [0.15, 0.2) is 0 Å². The van der Waals surface area contributed by atoms with Gasteiger partial charge in [0.2, 0.25) is 0 Å². The van der Waals surface area contributed by atoms with Crippen LogP contribution >= 0.6 is 22.7 Å². The van der Waals surface area contributed by atoms with Gasteiger partial charge in [-0.2, -0.15) is 0 Å². The molecule has 35 heavy (non-hydrogen) atoms. The van der Waals surface area contributed by atoms with Gasteiger partial charge in [0, 0.05) is 13.1 Å². The van der Waals surface area contributed by atoms with Crippen molar-refractivity contribution in [2.45, 2.75) is 32.4 Å². The summed E-state index contributed by atoms with van der Waals surface area (Å²) in [5.41, 5.74) is 1.33. The Balaban J connectivity index is 1.69. The first-order valence-corrected chi connectivity index (χ1v) is 12.4. The maximum absolute atomic E-state index is 13.0. The zero-order valence-electron chi connectivity index (χ0n) is 19.0. The van der Waals surface area contributed by atoms with Crippen molar-refractivity contribution in [3.63, 3.8) is 0 Å². The van der Waals surface area contributed by atoms with E-state index in [0.29, 0.717) is 20.9 Å². The van der Waals surface area contributed by atoms with Gasteiger partial charge in [-0.05, 0) is 46.7 Å². The molecule has 0 aliphatic rings. The number of carbonyl (C=O) groups excluding carboxylic acids is 3. The molecule has 3 aromatic rings. The predicted molar refractivity (Wildman–Crippen MR) is 133 cm³/mol. The molecule has 0 aliphatic heterocycles. The first-order valence-electron chi connectivity index (χ1n) is 10.7. The molecule has 2 aromatic heterocycles. The molecule has 3 rings (SSSR count). The predicted octanol–water partition coefficient (Wildman–Crippen LogP) is 3.18. The molecule has 1 unspecified atom stereocenters. The molecular weight excluding hydrogens is 490 g/mol. The summed E-state index contributed by atoms with van der Waals surface area (Å²) >= 11 is 2.19. The number of thiophene rings is 2. The van der Waals surface area contributed by atoms with Crippen LogP contribution in [0.5, 0.6) is 5.75 Å². The molecule has 184 valence electrons. The Bertz CT molecular complexity index is 1220. The molecule has 0 aliphatic carbocycles. The van der Waals surface area contributed by atoms with E-state index in [2.05, 4.69) is 16.0 Å². The van der Waals surface area contributed by atoms with Crippen LogP contribution in [0, 0.1) is 0 Å². The fourth-order valence-electron chi connectivity index (χ4n) is 3.17. The van der Waals surface area contributed by atoms with Gasteiger partial charge in [0.1, 0.15) is 11.8 Å². The Kier molecular flexibility index (Phi) is 8.61. The minimum atomic E-state index is -1.35. The zero-order chi connectivity index (χ0) is 25.5. The van der Waals surface area contributed by atoms with Gasteiger partial charge in [0.05, 0.1) is 14.6 Å². The van der Waals surface area contributed by atoms with Gasteiger partial charge >= 0.3 is 5.97 Å². The van der Waals surface area contributed by atoms with E-state index >= 15 is 0 Å². The van der Waals surface area contributed by atoms with Crippen molar-refractivity contribution in [2.24, 2.45) is 0 Å². The maximum Gasteiger partial charge on any atom is 0.328 e. The number of phenolic OH excluding ortho intramolecular Hbond substituents is 1. The molecule has 0 radical (unpaired) electrons. The Morgan fingerprint density at radius 1 is 0.943 bits per heavy atom. The first kappa shape index (κ1) is 25.9. The van der Waals surface area contributed by atoms with Crippen LogP contribution in [0.15, 0.2) is 47.8 Å². The fourth-order valence-corrected chi connectivity index (χ4v) is 4.95. The van der Waals surface area contributed by atoms with Crippen molar-refractivity contribution in [3.05, 3.63) is 73.6 Å². The number of amides is 3. The van der Waals surface area contributed by atoms with Crippen LogP contribution in [-0.4, -0.2) is 46.5 Å². The second-order valence-electron chi connectivity index (χ2n) is 7.95. The van der Waals surface area contributed by atoms with Crippen molar-refractivity contribution in [3.8, 4) is 5.75 Å². The summed E-state index contributed by atoms with van der Waals surface area (Å²) in [4.78, 5) is 50.5. The van der Waals surface area contributed by atoms with Gasteiger partial charge in [-0.25, -0.2) is 4.79 Å². The zero-order valence-corrected chi connectivity index (χ0v) is 20.7. The average molecular weight is 516 g/mol. The molecule has 1 atom stereocenters. The van der Waals surface area contributed by atoms with Crippen molar-refractivity contribution < 1.29 is 29.4 Å². The number of carboxylic acid groups (broad SMARTS) is 1. The molecule has 0 spiro atoms. The minimum Gasteiger partial charge on any atom is -0.508 e. The van der Waals surface area contributed by atoms with Crippen LogP contribution in [0.1, 0.15) is 59.9 Å². The molecule has 3 amide bonds. The summed E-state index contributed by atoms with van der Waals surface area (Å²) in [5.74, 6) is -2.75. The van der Waals surface area contributed by atoms with Crippen molar-refractivity contribution >= 4 is 46.4 Å². The third-order valence-corrected chi connectivity index (χ3v) is 7.01. The largest absolute Gasteiger partial charge is 0.508 e. The highest BCUT2D eigenvalue weighted by Gasteiger charge is 2.26. The van der Waals surface area contributed by atoms with Gasteiger partial charge in [-0.1, -0.05) is 32.0 Å². The smallest absolute Gasteiger partial charge is 0.328 e. The fraction of sp³-hybridized carbons (Fsp3) is 0.250. The SMILES string of the molecule is CC(C)c1cc(C(=O)NCc2cccc(O)c2)sc1C(=O)NC(CNC(=O)c1cccs1)C(=O)O. The minimum absolute atomic E-state index is 0.0912. The standard InChI is InChI=1S/C24H25N3O6S2/c1-13(2)16-10-19(22(30)25-11-14-5-3-6-15(28)9-14)35-20(16)23(31)27-17(24(32)33)12-26-21(29)18-7-4-8-34-18/h3-10,13,17,28H,11-12H2,1-2H3,(H,25,30)(H,26,29)(H,27,31)(H,32,33). The number of carboxylic acids is 1. The number of phenols is 1. The first-order chi connectivity index (χ1) is 16.7. The maximum atomic E-state index is 13.0. The number of hydrogen-bond acceptors (Lipinski definition) is 7. The van der Waals surface area contributed by atoms with Crippen LogP contribution in [0.2, 0.25) is 0 Å². The van der Waals surface area contributed by atoms with E-state index in [1.807, 2.05) is 13.8 Å². The molecule has 0 saturated heterocycles. The molecular formula is C24H25N3O6S2. The summed E-state index contributed by atoms with van der Waals surface area (Å²) in [5, 5.41) is 28.6. The van der Waals surface area contributed by atoms with Gasteiger partial charge in [-0.15, -0.1) is 22.7 Å². The Morgan fingerprint density at radius 3 is 2.31 bits per heavy atom. The summed E-state index contributed by atoms with van der Waals surface area (Å²) in [7, 11) is 0. The number of rotatable bonds is 10. The number of aliphatic carboxylic acids is 1. The lowest BCUT2D eigenvalue weighted by molar-refractivity contribution is -0.139. The summed E-state index contributed by atoms with van der Waals surface area (Å²) in [6.07, 6.45) is 0. The lowest BCUT2D eigenvalue weighted by atomic mass is 10.0. The molecule has 11 heteroatoms. The summed E-state index contributed by atoms with van der Waals surface area (Å²) in [6.45, 7) is 3.62. The number of benzene rings is 1. The van der Waals surface area contributed by atoms with Crippen molar-refractivity contribution in [2.75, 3.05) is 6.54 Å². The van der Waals surface area contributed by atoms with Crippen molar-refractivity contribution in [1.82, 2.24) is 16.0 Å². The van der Waals surface area contributed by atoms with Gasteiger partial charge in [-0.3, -0.25) is 14.4 Å². The van der Waals surface area contributed by atoms with E-state index in [-0.39, 0.29) is 29.6 Å². The van der Waals surface area contributed by atoms with Crippen LogP contribution in [0.4, 0.5) is 0 Å². The number of hydrogen-bond donors (Lipinski definition) is 5. The molecule has 2 heterocycles. The Hall–Kier alpha value is -3.70. The molecule has 0 fully saturated rings. The Labute approximate surface area is 209 Å². The van der Waals surface area contributed by atoms with Crippen molar-refractivity contribution in [1.29, 1.82) is 0 Å². The molecule has 0 saturated carbocycles. The van der Waals surface area contributed by atoms with E-state index in [1.54, 1.807) is 35.7 Å². The third-order valence-electron chi connectivity index (χ3n) is 4.99. The van der Waals surface area contributed by atoms with Gasteiger partial charge in [0.25, 0.3) is 17.7 Å². The van der Waals surface area contributed by atoms with Gasteiger partial charge < -0.3 is 26.2 Å².